The van der Waals surface area contributed by atoms with E-state index < -0.39 is 0 Å². The van der Waals surface area contributed by atoms with Crippen LogP contribution in [0.4, 0.5) is 0 Å². The summed E-state index contributed by atoms with van der Waals surface area (Å²) in [6, 6.07) is 0. The van der Waals surface area contributed by atoms with Gasteiger partial charge in [-0.1, -0.05) is 83.1 Å². The van der Waals surface area contributed by atoms with Gasteiger partial charge in [0.1, 0.15) is 0 Å². The molecule has 40 heavy (non-hydrogen) atoms. The van der Waals surface area contributed by atoms with Crippen molar-refractivity contribution in [1.82, 2.24) is 0 Å². The molecule has 0 aliphatic rings. The third-order valence-corrected chi connectivity index (χ3v) is 15.8. The molecule has 0 spiro atoms. The molecule has 0 bridgehead atoms. The first kappa shape index (κ1) is 48.4. The summed E-state index contributed by atoms with van der Waals surface area (Å²) in [5.74, 6) is 13.7. The minimum atomic E-state index is -0.0123. The molecule has 4 rings (SSSR count). The molecule has 0 amide bonds. The number of aryl methyl sites for hydroxylation is 8. The number of rotatable bonds is 0. The van der Waals surface area contributed by atoms with Crippen molar-refractivity contribution < 1.29 is 77.2 Å². The number of halogens is 2. The van der Waals surface area contributed by atoms with E-state index in [1.807, 2.05) is 0 Å². The van der Waals surface area contributed by atoms with E-state index in [0.717, 1.165) is 0 Å². The first-order valence-electron chi connectivity index (χ1n) is 12.6. The van der Waals surface area contributed by atoms with Gasteiger partial charge in [0.25, 0.3) is 0 Å². The van der Waals surface area contributed by atoms with E-state index in [2.05, 4.69) is 133 Å². The molecule has 0 aliphatic carbocycles. The Bertz CT molecular complexity index is 1020. The first-order chi connectivity index (χ1) is 16.5. The molecule has 0 aromatic carbocycles. The van der Waals surface area contributed by atoms with E-state index in [1.165, 1.54) is 44.5 Å². The predicted molar refractivity (Wildman–Crippen MR) is 173 cm³/mol. The van der Waals surface area contributed by atoms with Gasteiger partial charge in [0.15, 0.2) is 0 Å². The molecule has 0 N–H and O–H groups in total. The fourth-order valence-electron chi connectivity index (χ4n) is 3.77. The minimum absolute atomic E-state index is 0. The minimum Gasteiger partial charge on any atom is -1.00 e. The van der Waals surface area contributed by atoms with Crippen molar-refractivity contribution in [2.45, 2.75) is 83.1 Å². The zero-order chi connectivity index (χ0) is 28.1. The Morgan fingerprint density at radius 2 is 0.450 bits per heavy atom. The second-order valence-corrected chi connectivity index (χ2v) is 18.1. The second-order valence-electron chi connectivity index (χ2n) is 10.0. The Balaban J connectivity index is -0.000000209. The van der Waals surface area contributed by atoms with Crippen LogP contribution in [0.1, 0.15) is 65.7 Å². The molecule has 0 saturated carbocycles. The number of hydrogen-bond donors (Lipinski definition) is 0. The molecular formula is C32H48Cl2P4Zr2-2. The fourth-order valence-corrected chi connectivity index (χ4v) is 9.81. The Morgan fingerprint density at radius 3 is 0.475 bits per heavy atom. The summed E-state index contributed by atoms with van der Waals surface area (Å²) in [5, 5.41) is 6.18. The summed E-state index contributed by atoms with van der Waals surface area (Å²) in [6.45, 7) is 35.2. The van der Waals surface area contributed by atoms with E-state index in [0.29, 0.717) is 0 Å². The summed E-state index contributed by atoms with van der Waals surface area (Å²) in [7, 11) is -0.0494. The molecule has 4 unspecified atom stereocenters. The van der Waals surface area contributed by atoms with Crippen molar-refractivity contribution in [1.29, 1.82) is 0 Å². The van der Waals surface area contributed by atoms with Gasteiger partial charge in [-0.3, -0.25) is 30.1 Å². The zero-order valence-electron chi connectivity index (χ0n) is 27.5. The van der Waals surface area contributed by atoms with Crippen LogP contribution in [-0.2, 0) is 79.1 Å². The molecule has 8 heteroatoms. The molecule has 4 aromatic rings. The molecule has 0 aliphatic heterocycles. The van der Waals surface area contributed by atoms with Crippen molar-refractivity contribution in [2.24, 2.45) is 26.7 Å². The van der Waals surface area contributed by atoms with Crippen LogP contribution >= 0.6 is 30.1 Å². The van der Waals surface area contributed by atoms with Crippen LogP contribution in [0, 0.1) is 106 Å². The summed E-state index contributed by atoms with van der Waals surface area (Å²) in [4.78, 5) is 0. The summed E-state index contributed by atoms with van der Waals surface area (Å²) in [6.07, 6.45) is 0. The van der Waals surface area contributed by atoms with Crippen LogP contribution in [0.15, 0.2) is 0 Å². The monoisotopic (exact) mass is 806 g/mol. The van der Waals surface area contributed by atoms with Gasteiger partial charge in [-0.25, -0.2) is 0 Å². The summed E-state index contributed by atoms with van der Waals surface area (Å²) >= 11 is 0. The Kier molecular flexibility index (Phi) is 26.7. The first-order valence-corrected chi connectivity index (χ1v) is 19.7. The fraction of sp³-hybridized carbons (Fsp3) is 0.500. The second kappa shape index (κ2) is 22.0. The molecule has 220 valence electrons. The Labute approximate surface area is 303 Å². The van der Waals surface area contributed by atoms with Crippen molar-refractivity contribution >= 4 is 30.1 Å². The molecule has 4 atom stereocenters. The maximum Gasteiger partial charge on any atom is 2.00 e. The van der Waals surface area contributed by atoms with Gasteiger partial charge in [-0.05, 0) is 26.7 Å². The smallest absolute Gasteiger partial charge is 1.00 e. The molecule has 0 radical (unpaired) electrons. The maximum absolute atomic E-state index is 3.42. The third-order valence-electron chi connectivity index (χ3n) is 7.77. The van der Waals surface area contributed by atoms with Gasteiger partial charge >= 0.3 is 52.4 Å². The van der Waals surface area contributed by atoms with Crippen molar-refractivity contribution in [3.63, 3.8) is 0 Å². The normalized spacial score (nSPS) is 11.0. The van der Waals surface area contributed by atoms with Crippen LogP contribution in [0.2, 0.25) is 0 Å². The largest absolute Gasteiger partial charge is 2.00 e. The predicted octanol–water partition coefficient (Wildman–Crippen LogP) is 5.75. The average molecular weight is 810 g/mol. The Hall–Kier alpha value is 1.47. The van der Waals surface area contributed by atoms with E-state index in [1.54, 1.807) is 21.2 Å². The van der Waals surface area contributed by atoms with Gasteiger partial charge < -0.3 is 24.8 Å². The van der Waals surface area contributed by atoms with Crippen LogP contribution in [0.3, 0.4) is 0 Å². The molecular weight excluding hydrogens is 762 g/mol. The van der Waals surface area contributed by atoms with Crippen molar-refractivity contribution in [3.05, 3.63) is 88.9 Å². The van der Waals surface area contributed by atoms with Crippen LogP contribution < -0.4 is 24.8 Å². The molecule has 4 aromatic heterocycles. The number of hydrogen-bond acceptors (Lipinski definition) is 0. The molecule has 0 fully saturated rings. The summed E-state index contributed by atoms with van der Waals surface area (Å²) in [5.41, 5.74) is 11.3. The van der Waals surface area contributed by atoms with Gasteiger partial charge in [0.05, 0.1) is 0 Å². The molecule has 0 nitrogen and oxygen atoms in total. The van der Waals surface area contributed by atoms with E-state index in [4.69, 9.17) is 0 Å². The van der Waals surface area contributed by atoms with Gasteiger partial charge in [-0.15, -0.1) is 0 Å². The quantitative estimate of drug-likeness (QED) is 0.199. The van der Waals surface area contributed by atoms with Crippen LogP contribution in [-0.4, -0.2) is 0 Å². The molecule has 4 heterocycles. The van der Waals surface area contributed by atoms with Crippen molar-refractivity contribution in [2.75, 3.05) is 0 Å². The third kappa shape index (κ3) is 13.6. The van der Waals surface area contributed by atoms with E-state index >= 15 is 0 Å². The van der Waals surface area contributed by atoms with Gasteiger partial charge in [0.2, 0.25) is 0 Å². The standard InChI is InChI=1S/4C8H12P.2ClH.2Zr/c4*1-6-5-9(4)8(3)7(6)2;;;;/h4*1-4H3;2*1H;;/q4*-1;;;2*+2/p-2. The van der Waals surface area contributed by atoms with E-state index in [9.17, 15) is 0 Å². The van der Waals surface area contributed by atoms with E-state index in [-0.39, 0.29) is 107 Å². The topological polar surface area (TPSA) is 0 Å². The molecule has 0 saturated heterocycles. The van der Waals surface area contributed by atoms with Gasteiger partial charge in [-0.2, -0.15) is 88.9 Å². The summed E-state index contributed by atoms with van der Waals surface area (Å²) < 4.78 is 0. The van der Waals surface area contributed by atoms with Crippen LogP contribution in [0.5, 0.6) is 0 Å². The van der Waals surface area contributed by atoms with Crippen molar-refractivity contribution in [3.8, 4) is 0 Å². The Morgan fingerprint density at radius 1 is 0.325 bits per heavy atom. The zero-order valence-corrected chi connectivity index (χ0v) is 37.6. The van der Waals surface area contributed by atoms with Crippen LogP contribution in [0.25, 0.3) is 0 Å². The van der Waals surface area contributed by atoms with Gasteiger partial charge in [0, 0.05) is 0 Å². The SMILES string of the molecule is Cc1[c-]p(C)c(C)c1C.Cc1[c-]p(C)c(C)c1C.Cc1[c-]p(C)c(C)c1C.Cc1[c-]p(C)c(C)c1C.[Cl-].[Cl-].[Zr+2].[Zr+2]. The maximum atomic E-state index is 3.42. The average Bonchev–Trinajstić information content (AvgIpc) is 3.37.